The van der Waals surface area contributed by atoms with E-state index in [4.69, 9.17) is 9.47 Å². The first-order chi connectivity index (χ1) is 11.2. The summed E-state index contributed by atoms with van der Waals surface area (Å²) < 4.78 is 10.5. The van der Waals surface area contributed by atoms with Crippen LogP contribution in [0.2, 0.25) is 0 Å². The Labute approximate surface area is 139 Å². The number of amides is 1. The lowest BCUT2D eigenvalue weighted by atomic mass is 10.2. The highest BCUT2D eigenvalue weighted by Crippen LogP contribution is 2.33. The number of hydrogen-bond acceptors (Lipinski definition) is 6. The Kier molecular flexibility index (Phi) is 6.37. The molecule has 0 radical (unpaired) electrons. The lowest BCUT2D eigenvalue weighted by Crippen LogP contribution is -2.31. The van der Waals surface area contributed by atoms with Crippen LogP contribution in [-0.2, 0) is 11.2 Å². The van der Waals surface area contributed by atoms with Gasteiger partial charge in [-0.05, 0) is 25.2 Å². The van der Waals surface area contributed by atoms with Crippen molar-refractivity contribution in [2.24, 2.45) is 0 Å². The van der Waals surface area contributed by atoms with E-state index in [1.165, 1.54) is 11.3 Å². The SMILES string of the molecule is CNCCNC(=O)Cc1csc(-c2ccc(OC)c(OC)c2)n1. The number of benzene rings is 1. The number of rotatable bonds is 8. The summed E-state index contributed by atoms with van der Waals surface area (Å²) in [6.07, 6.45) is 0.285. The minimum absolute atomic E-state index is 0.0237. The molecule has 2 N–H and O–H groups in total. The number of aromatic nitrogens is 1. The third kappa shape index (κ3) is 4.67. The fourth-order valence-corrected chi connectivity index (χ4v) is 2.86. The molecule has 0 aliphatic heterocycles. The van der Waals surface area contributed by atoms with E-state index in [-0.39, 0.29) is 12.3 Å². The van der Waals surface area contributed by atoms with E-state index in [0.717, 1.165) is 22.8 Å². The molecule has 1 heterocycles. The molecule has 0 atom stereocenters. The molecular weight excluding hydrogens is 314 g/mol. The van der Waals surface area contributed by atoms with E-state index in [9.17, 15) is 4.79 Å². The van der Waals surface area contributed by atoms with Gasteiger partial charge in [0, 0.05) is 24.0 Å². The molecule has 1 aromatic heterocycles. The van der Waals surface area contributed by atoms with E-state index in [1.54, 1.807) is 14.2 Å². The third-order valence-corrected chi connectivity index (χ3v) is 4.16. The zero-order chi connectivity index (χ0) is 16.7. The van der Waals surface area contributed by atoms with Crippen molar-refractivity contribution in [1.29, 1.82) is 0 Å². The second kappa shape index (κ2) is 8.50. The summed E-state index contributed by atoms with van der Waals surface area (Å²) in [5, 5.41) is 8.58. The number of ether oxygens (including phenoxy) is 2. The highest BCUT2D eigenvalue weighted by atomic mass is 32.1. The van der Waals surface area contributed by atoms with Crippen LogP contribution in [0.25, 0.3) is 10.6 Å². The summed E-state index contributed by atoms with van der Waals surface area (Å²) in [4.78, 5) is 16.3. The zero-order valence-corrected chi connectivity index (χ0v) is 14.3. The molecule has 6 nitrogen and oxygen atoms in total. The molecule has 0 fully saturated rings. The van der Waals surface area contributed by atoms with E-state index in [2.05, 4.69) is 15.6 Å². The van der Waals surface area contributed by atoms with Gasteiger partial charge < -0.3 is 20.1 Å². The molecule has 0 spiro atoms. The summed E-state index contributed by atoms with van der Waals surface area (Å²) in [6.45, 7) is 1.36. The van der Waals surface area contributed by atoms with Gasteiger partial charge in [-0.15, -0.1) is 11.3 Å². The quantitative estimate of drug-likeness (QED) is 0.719. The van der Waals surface area contributed by atoms with Gasteiger partial charge in [0.1, 0.15) is 5.01 Å². The van der Waals surface area contributed by atoms with Crippen LogP contribution in [0, 0.1) is 0 Å². The molecule has 124 valence electrons. The number of hydrogen-bond donors (Lipinski definition) is 2. The number of carbonyl (C=O) groups is 1. The summed E-state index contributed by atoms with van der Waals surface area (Å²) in [5.74, 6) is 1.31. The summed E-state index contributed by atoms with van der Waals surface area (Å²) >= 11 is 1.51. The predicted molar refractivity (Wildman–Crippen MR) is 91.3 cm³/mol. The van der Waals surface area contributed by atoms with Gasteiger partial charge in [-0.25, -0.2) is 4.98 Å². The maximum Gasteiger partial charge on any atom is 0.226 e. The predicted octanol–water partition coefficient (Wildman–Crippen LogP) is 1.71. The molecule has 23 heavy (non-hydrogen) atoms. The Balaban J connectivity index is 2.05. The van der Waals surface area contributed by atoms with Gasteiger partial charge in [0.15, 0.2) is 11.5 Å². The number of thiazole rings is 1. The maximum absolute atomic E-state index is 11.8. The second-order valence-corrected chi connectivity index (χ2v) is 5.70. The third-order valence-electron chi connectivity index (χ3n) is 3.22. The number of carbonyl (C=O) groups excluding carboxylic acids is 1. The molecule has 0 aliphatic carbocycles. The van der Waals surface area contributed by atoms with E-state index in [1.807, 2.05) is 30.6 Å². The normalized spacial score (nSPS) is 10.4. The second-order valence-electron chi connectivity index (χ2n) is 4.84. The van der Waals surface area contributed by atoms with E-state index in [0.29, 0.717) is 18.0 Å². The topological polar surface area (TPSA) is 72.5 Å². The number of nitrogens with zero attached hydrogens (tertiary/aromatic N) is 1. The minimum Gasteiger partial charge on any atom is -0.493 e. The van der Waals surface area contributed by atoms with Crippen molar-refractivity contribution < 1.29 is 14.3 Å². The van der Waals surface area contributed by atoms with Crippen LogP contribution in [0.4, 0.5) is 0 Å². The molecule has 0 unspecified atom stereocenters. The smallest absolute Gasteiger partial charge is 0.226 e. The minimum atomic E-state index is -0.0237. The molecule has 0 saturated carbocycles. The van der Waals surface area contributed by atoms with Crippen LogP contribution in [0.3, 0.4) is 0 Å². The van der Waals surface area contributed by atoms with Crippen LogP contribution in [0.5, 0.6) is 11.5 Å². The van der Waals surface area contributed by atoms with Gasteiger partial charge >= 0.3 is 0 Å². The van der Waals surface area contributed by atoms with Crippen LogP contribution in [0.1, 0.15) is 5.69 Å². The number of likely N-dealkylation sites (N-methyl/N-ethyl adjacent to an activating group) is 1. The van der Waals surface area contributed by atoms with Crippen molar-refractivity contribution in [1.82, 2.24) is 15.6 Å². The van der Waals surface area contributed by atoms with Gasteiger partial charge in [-0.3, -0.25) is 4.79 Å². The average molecular weight is 335 g/mol. The molecule has 0 saturated heterocycles. The van der Waals surface area contributed by atoms with Gasteiger partial charge in [0.25, 0.3) is 0 Å². The Morgan fingerprint density at radius 3 is 2.70 bits per heavy atom. The Morgan fingerprint density at radius 2 is 2.00 bits per heavy atom. The summed E-state index contributed by atoms with van der Waals surface area (Å²) in [6, 6.07) is 5.66. The fraction of sp³-hybridized carbons (Fsp3) is 0.375. The zero-order valence-electron chi connectivity index (χ0n) is 13.5. The summed E-state index contributed by atoms with van der Waals surface area (Å²) in [7, 11) is 5.05. The van der Waals surface area contributed by atoms with Crippen molar-refractivity contribution >= 4 is 17.2 Å². The van der Waals surface area contributed by atoms with Crippen LogP contribution < -0.4 is 20.1 Å². The van der Waals surface area contributed by atoms with Crippen molar-refractivity contribution in [3.05, 3.63) is 29.3 Å². The van der Waals surface area contributed by atoms with Crippen molar-refractivity contribution in [2.75, 3.05) is 34.4 Å². The van der Waals surface area contributed by atoms with Crippen molar-refractivity contribution in [3.63, 3.8) is 0 Å². The maximum atomic E-state index is 11.8. The first-order valence-corrected chi connectivity index (χ1v) is 8.14. The number of nitrogens with one attached hydrogen (secondary N) is 2. The van der Waals surface area contributed by atoms with Crippen molar-refractivity contribution in [3.8, 4) is 22.1 Å². The molecule has 1 aromatic carbocycles. The molecule has 7 heteroatoms. The highest BCUT2D eigenvalue weighted by molar-refractivity contribution is 7.13. The largest absolute Gasteiger partial charge is 0.493 e. The molecule has 0 bridgehead atoms. The average Bonchev–Trinajstić information content (AvgIpc) is 3.02. The molecule has 2 rings (SSSR count). The lowest BCUT2D eigenvalue weighted by molar-refractivity contribution is -0.120. The Bertz CT molecular complexity index is 658. The molecule has 1 amide bonds. The van der Waals surface area contributed by atoms with Crippen LogP contribution in [0.15, 0.2) is 23.6 Å². The van der Waals surface area contributed by atoms with Gasteiger partial charge in [-0.2, -0.15) is 0 Å². The fourth-order valence-electron chi connectivity index (χ4n) is 2.04. The van der Waals surface area contributed by atoms with Crippen LogP contribution in [-0.4, -0.2) is 45.2 Å². The highest BCUT2D eigenvalue weighted by Gasteiger charge is 2.11. The van der Waals surface area contributed by atoms with Gasteiger partial charge in [-0.1, -0.05) is 0 Å². The van der Waals surface area contributed by atoms with E-state index >= 15 is 0 Å². The molecule has 0 aliphatic rings. The van der Waals surface area contributed by atoms with Gasteiger partial charge in [0.2, 0.25) is 5.91 Å². The Hall–Kier alpha value is -2.12. The van der Waals surface area contributed by atoms with Gasteiger partial charge in [0.05, 0.1) is 26.3 Å². The lowest BCUT2D eigenvalue weighted by Gasteiger charge is -2.08. The first-order valence-electron chi connectivity index (χ1n) is 7.26. The first kappa shape index (κ1) is 17.2. The summed E-state index contributed by atoms with van der Waals surface area (Å²) in [5.41, 5.74) is 1.70. The Morgan fingerprint density at radius 1 is 1.22 bits per heavy atom. The van der Waals surface area contributed by atoms with Crippen molar-refractivity contribution in [2.45, 2.75) is 6.42 Å². The molecule has 2 aromatic rings. The van der Waals surface area contributed by atoms with E-state index < -0.39 is 0 Å². The number of methoxy groups -OCH3 is 2. The monoisotopic (exact) mass is 335 g/mol. The van der Waals surface area contributed by atoms with Crippen LogP contribution >= 0.6 is 11.3 Å². The standard InChI is InChI=1S/C16H21N3O3S/c1-17-6-7-18-15(20)9-12-10-23-16(19-12)11-4-5-13(21-2)14(8-11)22-3/h4-5,8,10,17H,6-7,9H2,1-3H3,(H,18,20). The molecular formula is C16H21N3O3S.